The summed E-state index contributed by atoms with van der Waals surface area (Å²) >= 11 is 0. The van der Waals surface area contributed by atoms with Gasteiger partial charge in [-0.2, -0.15) is 5.26 Å². The van der Waals surface area contributed by atoms with Crippen LogP contribution >= 0.6 is 0 Å². The van der Waals surface area contributed by atoms with Gasteiger partial charge in [0.05, 0.1) is 5.56 Å². The Morgan fingerprint density at radius 2 is 1.88 bits per heavy atom. The Kier molecular flexibility index (Phi) is 5.54. The number of nitriles is 1. The zero-order chi connectivity index (χ0) is 18.4. The van der Waals surface area contributed by atoms with Crippen molar-refractivity contribution < 1.29 is 14.7 Å². The van der Waals surface area contributed by atoms with Gasteiger partial charge in [0.25, 0.3) is 5.91 Å². The average Bonchev–Trinajstić information content (AvgIpc) is 2.59. The molecule has 0 saturated heterocycles. The molecule has 0 bridgehead atoms. The molecule has 0 radical (unpaired) electrons. The maximum atomic E-state index is 12.3. The summed E-state index contributed by atoms with van der Waals surface area (Å²) in [4.78, 5) is 23.2. The Balaban J connectivity index is 2.16. The number of carboxylic acid groups (broad SMARTS) is 1. The minimum atomic E-state index is -1.05. The predicted octanol–water partition coefficient (Wildman–Crippen LogP) is 3.46. The number of rotatable bonds is 5. The van der Waals surface area contributed by atoms with E-state index in [0.717, 1.165) is 11.1 Å². The van der Waals surface area contributed by atoms with Crippen LogP contribution in [0.3, 0.4) is 0 Å². The van der Waals surface area contributed by atoms with Crippen molar-refractivity contribution in [3.63, 3.8) is 0 Å². The third-order valence-electron chi connectivity index (χ3n) is 3.71. The Hall–Kier alpha value is -3.59. The van der Waals surface area contributed by atoms with E-state index in [1.165, 1.54) is 18.3 Å². The topological polar surface area (TPSA) is 102 Å². The molecular weight excluding hydrogens is 318 g/mol. The van der Waals surface area contributed by atoms with Gasteiger partial charge in [0, 0.05) is 17.6 Å². The maximum absolute atomic E-state index is 12.3. The fourth-order valence-corrected chi connectivity index (χ4v) is 2.12. The molecule has 0 aliphatic heterocycles. The largest absolute Gasteiger partial charge is 0.478 e. The Morgan fingerprint density at radius 3 is 2.56 bits per heavy atom. The summed E-state index contributed by atoms with van der Waals surface area (Å²) in [5.41, 5.74) is 3.05. The molecule has 1 amide bonds. The zero-order valence-electron chi connectivity index (χ0n) is 13.8. The molecule has 126 valence electrons. The van der Waals surface area contributed by atoms with Crippen LogP contribution in [-0.4, -0.2) is 17.0 Å². The van der Waals surface area contributed by atoms with E-state index in [9.17, 15) is 14.9 Å². The summed E-state index contributed by atoms with van der Waals surface area (Å²) in [7, 11) is 0. The maximum Gasteiger partial charge on any atom is 0.335 e. The number of carbonyl (C=O) groups excluding carboxylic acids is 1. The SMILES string of the molecule is Cc1cccc(NC(=O)/C(C#N)=C\Nc2cccc(C(=O)O)c2)c1C. The molecule has 2 aromatic carbocycles. The molecule has 0 aliphatic rings. The van der Waals surface area contributed by atoms with Crippen LogP contribution in [0, 0.1) is 25.2 Å². The lowest BCUT2D eigenvalue weighted by Gasteiger charge is -2.10. The highest BCUT2D eigenvalue weighted by molar-refractivity contribution is 6.07. The van der Waals surface area contributed by atoms with Crippen molar-refractivity contribution in [2.24, 2.45) is 0 Å². The average molecular weight is 335 g/mol. The van der Waals surface area contributed by atoms with Gasteiger partial charge in [-0.3, -0.25) is 4.79 Å². The first kappa shape index (κ1) is 17.8. The van der Waals surface area contributed by atoms with Crippen molar-refractivity contribution in [2.75, 3.05) is 10.6 Å². The van der Waals surface area contributed by atoms with E-state index in [-0.39, 0.29) is 11.1 Å². The van der Waals surface area contributed by atoms with Gasteiger partial charge in [-0.1, -0.05) is 18.2 Å². The minimum absolute atomic E-state index is 0.108. The zero-order valence-corrected chi connectivity index (χ0v) is 13.8. The van der Waals surface area contributed by atoms with E-state index in [4.69, 9.17) is 5.11 Å². The molecule has 0 unspecified atom stereocenters. The van der Waals surface area contributed by atoms with Gasteiger partial charge in [-0.15, -0.1) is 0 Å². The number of aryl methyl sites for hydroxylation is 1. The Bertz CT molecular complexity index is 895. The molecule has 6 nitrogen and oxygen atoms in total. The normalized spacial score (nSPS) is 10.7. The number of nitrogens with zero attached hydrogens (tertiary/aromatic N) is 1. The summed E-state index contributed by atoms with van der Waals surface area (Å²) in [5, 5.41) is 23.7. The fourth-order valence-electron chi connectivity index (χ4n) is 2.12. The van der Waals surface area contributed by atoms with E-state index < -0.39 is 11.9 Å². The predicted molar refractivity (Wildman–Crippen MR) is 95.3 cm³/mol. The van der Waals surface area contributed by atoms with Crippen LogP contribution in [0.15, 0.2) is 54.2 Å². The van der Waals surface area contributed by atoms with Crippen molar-refractivity contribution in [1.82, 2.24) is 0 Å². The first-order chi connectivity index (χ1) is 11.9. The number of anilines is 2. The van der Waals surface area contributed by atoms with Crippen LogP contribution in [0.4, 0.5) is 11.4 Å². The van der Waals surface area contributed by atoms with Crippen molar-refractivity contribution in [2.45, 2.75) is 13.8 Å². The van der Waals surface area contributed by atoms with Gasteiger partial charge < -0.3 is 15.7 Å². The number of hydrogen-bond acceptors (Lipinski definition) is 4. The molecule has 0 spiro atoms. The number of hydrogen-bond donors (Lipinski definition) is 3. The molecular formula is C19H17N3O3. The van der Waals surface area contributed by atoms with Gasteiger partial charge in [-0.05, 0) is 49.2 Å². The number of amides is 1. The second-order valence-electron chi connectivity index (χ2n) is 5.40. The van der Waals surface area contributed by atoms with Crippen LogP contribution in [0.25, 0.3) is 0 Å². The quantitative estimate of drug-likeness (QED) is 0.573. The van der Waals surface area contributed by atoms with Gasteiger partial charge in [-0.25, -0.2) is 4.79 Å². The highest BCUT2D eigenvalue weighted by atomic mass is 16.4. The van der Waals surface area contributed by atoms with Crippen LogP contribution in [0.1, 0.15) is 21.5 Å². The third kappa shape index (κ3) is 4.45. The van der Waals surface area contributed by atoms with Crippen LogP contribution in [-0.2, 0) is 4.79 Å². The minimum Gasteiger partial charge on any atom is -0.478 e. The summed E-state index contributed by atoms with van der Waals surface area (Å²) in [6, 6.07) is 13.4. The molecule has 0 fully saturated rings. The molecule has 2 rings (SSSR count). The molecule has 0 saturated carbocycles. The molecule has 0 aliphatic carbocycles. The lowest BCUT2D eigenvalue weighted by atomic mass is 10.1. The summed E-state index contributed by atoms with van der Waals surface area (Å²) < 4.78 is 0. The van der Waals surface area contributed by atoms with Gasteiger partial charge in [0.2, 0.25) is 0 Å². The number of nitrogens with one attached hydrogen (secondary N) is 2. The summed E-state index contributed by atoms with van der Waals surface area (Å²) in [6.07, 6.45) is 1.25. The van der Waals surface area contributed by atoms with Crippen molar-refractivity contribution in [1.29, 1.82) is 5.26 Å². The smallest absolute Gasteiger partial charge is 0.335 e. The summed E-state index contributed by atoms with van der Waals surface area (Å²) in [6.45, 7) is 3.82. The lowest BCUT2D eigenvalue weighted by Crippen LogP contribution is -2.15. The van der Waals surface area contributed by atoms with Crippen LogP contribution < -0.4 is 10.6 Å². The number of aromatic carboxylic acids is 1. The second kappa shape index (κ2) is 7.79. The van der Waals surface area contributed by atoms with E-state index in [1.807, 2.05) is 32.0 Å². The molecule has 25 heavy (non-hydrogen) atoms. The van der Waals surface area contributed by atoms with Gasteiger partial charge in [0.15, 0.2) is 0 Å². The first-order valence-corrected chi connectivity index (χ1v) is 7.50. The summed E-state index contributed by atoms with van der Waals surface area (Å²) in [5.74, 6) is -1.60. The van der Waals surface area contributed by atoms with Gasteiger partial charge in [0.1, 0.15) is 11.6 Å². The van der Waals surface area contributed by atoms with Crippen LogP contribution in [0.5, 0.6) is 0 Å². The highest BCUT2D eigenvalue weighted by Crippen LogP contribution is 2.18. The van der Waals surface area contributed by atoms with E-state index in [2.05, 4.69) is 10.6 Å². The van der Waals surface area contributed by atoms with Crippen molar-refractivity contribution in [3.05, 3.63) is 70.9 Å². The Labute approximate surface area is 145 Å². The van der Waals surface area contributed by atoms with E-state index >= 15 is 0 Å². The van der Waals surface area contributed by atoms with Gasteiger partial charge >= 0.3 is 5.97 Å². The van der Waals surface area contributed by atoms with Crippen molar-refractivity contribution in [3.8, 4) is 6.07 Å². The number of carboxylic acids is 1. The van der Waals surface area contributed by atoms with Crippen molar-refractivity contribution >= 4 is 23.3 Å². The molecule has 2 aromatic rings. The molecule has 3 N–H and O–H groups in total. The van der Waals surface area contributed by atoms with Crippen LogP contribution in [0.2, 0.25) is 0 Å². The highest BCUT2D eigenvalue weighted by Gasteiger charge is 2.11. The monoisotopic (exact) mass is 335 g/mol. The second-order valence-corrected chi connectivity index (χ2v) is 5.40. The Morgan fingerprint density at radius 1 is 1.16 bits per heavy atom. The molecule has 0 atom stereocenters. The first-order valence-electron chi connectivity index (χ1n) is 7.50. The molecule has 0 aromatic heterocycles. The van der Waals surface area contributed by atoms with E-state index in [0.29, 0.717) is 11.4 Å². The lowest BCUT2D eigenvalue weighted by molar-refractivity contribution is -0.112. The molecule has 6 heteroatoms. The number of carbonyl (C=O) groups is 2. The standard InChI is InChI=1S/C19H17N3O3/c1-12-5-3-8-17(13(12)2)22-18(23)15(10-20)11-21-16-7-4-6-14(9-16)19(24)25/h3-9,11,21H,1-2H3,(H,22,23)(H,24,25)/b15-11-. The number of benzene rings is 2. The van der Waals surface area contributed by atoms with E-state index in [1.54, 1.807) is 18.2 Å². The third-order valence-corrected chi connectivity index (χ3v) is 3.71. The molecule has 0 heterocycles. The fraction of sp³-hybridized carbons (Fsp3) is 0.105.